The number of hydrogen-bond acceptors (Lipinski definition) is 5. The number of amides is 1. The first-order valence-electron chi connectivity index (χ1n) is 10.2. The third-order valence-electron chi connectivity index (χ3n) is 5.40. The predicted octanol–water partition coefficient (Wildman–Crippen LogP) is 3.86. The number of carbonyl (C=O) groups excluding carboxylic acids is 3. The molecule has 0 heterocycles. The standard InChI is InChI=1S/C24H27NO4S/c1-16(24(28)29-14-18-8-4-3-5-9-18)25-23(27)22(15-30-17(2)26)21-13-12-19-10-6-7-11-20(19)21/h3-11,16,21-22H,12-15H2,1-2H3,(H,25,27). The minimum absolute atomic E-state index is 0.0191. The van der Waals surface area contributed by atoms with Crippen LogP contribution in [-0.4, -0.2) is 28.8 Å². The Kier molecular flexibility index (Phi) is 7.69. The summed E-state index contributed by atoms with van der Waals surface area (Å²) in [5.74, 6) is -0.634. The molecule has 3 rings (SSSR count). The molecular weight excluding hydrogens is 398 g/mol. The first-order chi connectivity index (χ1) is 14.5. The summed E-state index contributed by atoms with van der Waals surface area (Å²) >= 11 is 1.16. The van der Waals surface area contributed by atoms with Gasteiger partial charge < -0.3 is 10.1 Å². The fraction of sp³-hybridized carbons (Fsp3) is 0.375. The number of rotatable bonds is 8. The highest BCUT2D eigenvalue weighted by atomic mass is 32.2. The van der Waals surface area contributed by atoms with Crippen molar-refractivity contribution in [3.8, 4) is 0 Å². The summed E-state index contributed by atoms with van der Waals surface area (Å²) in [6, 6.07) is 16.8. The van der Waals surface area contributed by atoms with Gasteiger partial charge in [0.25, 0.3) is 0 Å². The van der Waals surface area contributed by atoms with Gasteiger partial charge in [0.2, 0.25) is 5.91 Å². The van der Waals surface area contributed by atoms with E-state index in [0.29, 0.717) is 5.75 Å². The Labute approximate surface area is 181 Å². The van der Waals surface area contributed by atoms with E-state index >= 15 is 0 Å². The van der Waals surface area contributed by atoms with Crippen LogP contribution in [-0.2, 0) is 32.1 Å². The highest BCUT2D eigenvalue weighted by Crippen LogP contribution is 2.39. The highest BCUT2D eigenvalue weighted by Gasteiger charge is 2.35. The second-order valence-corrected chi connectivity index (χ2v) is 8.77. The number of carbonyl (C=O) groups is 3. The Morgan fingerprint density at radius 3 is 2.53 bits per heavy atom. The van der Waals surface area contributed by atoms with Gasteiger partial charge in [0.15, 0.2) is 5.12 Å². The average Bonchev–Trinajstić information content (AvgIpc) is 3.16. The molecule has 30 heavy (non-hydrogen) atoms. The van der Waals surface area contributed by atoms with Gasteiger partial charge in [-0.3, -0.25) is 9.59 Å². The zero-order valence-corrected chi connectivity index (χ0v) is 18.1. The number of hydrogen-bond donors (Lipinski definition) is 1. The van der Waals surface area contributed by atoms with Crippen LogP contribution < -0.4 is 5.32 Å². The van der Waals surface area contributed by atoms with Crippen molar-refractivity contribution in [2.45, 2.75) is 45.3 Å². The summed E-state index contributed by atoms with van der Waals surface area (Å²) in [6.45, 7) is 3.30. The molecule has 158 valence electrons. The molecule has 3 atom stereocenters. The summed E-state index contributed by atoms with van der Waals surface area (Å²) in [4.78, 5) is 37.0. The average molecular weight is 426 g/mol. The van der Waals surface area contributed by atoms with E-state index in [1.54, 1.807) is 6.92 Å². The first kappa shape index (κ1) is 22.1. The van der Waals surface area contributed by atoms with Crippen LogP contribution >= 0.6 is 11.8 Å². The van der Waals surface area contributed by atoms with Crippen molar-refractivity contribution in [2.24, 2.45) is 5.92 Å². The Morgan fingerprint density at radius 2 is 1.80 bits per heavy atom. The molecule has 3 unspecified atom stereocenters. The van der Waals surface area contributed by atoms with Crippen LogP contribution in [0.5, 0.6) is 0 Å². The fourth-order valence-corrected chi connectivity index (χ4v) is 4.62. The van der Waals surface area contributed by atoms with Crippen LogP contribution in [0.1, 0.15) is 42.9 Å². The lowest BCUT2D eigenvalue weighted by Crippen LogP contribution is -2.44. The first-order valence-corrected chi connectivity index (χ1v) is 11.2. The molecular formula is C24H27NO4S. The van der Waals surface area contributed by atoms with E-state index in [4.69, 9.17) is 4.74 Å². The maximum Gasteiger partial charge on any atom is 0.328 e. The van der Waals surface area contributed by atoms with Gasteiger partial charge in [-0.2, -0.15) is 0 Å². The monoisotopic (exact) mass is 425 g/mol. The van der Waals surface area contributed by atoms with Crippen LogP contribution in [0.2, 0.25) is 0 Å². The Balaban J connectivity index is 1.64. The number of aryl methyl sites for hydroxylation is 1. The molecule has 0 spiro atoms. The summed E-state index contributed by atoms with van der Waals surface area (Å²) in [7, 11) is 0. The maximum atomic E-state index is 13.1. The minimum atomic E-state index is -0.761. The van der Waals surface area contributed by atoms with Gasteiger partial charge in [0.05, 0.1) is 5.92 Å². The third-order valence-corrected chi connectivity index (χ3v) is 6.34. The molecule has 0 aromatic heterocycles. The normalized spacial score (nSPS) is 16.9. The minimum Gasteiger partial charge on any atom is -0.459 e. The van der Waals surface area contributed by atoms with Crippen LogP contribution in [0.4, 0.5) is 0 Å². The van der Waals surface area contributed by atoms with E-state index in [0.717, 1.165) is 30.2 Å². The molecule has 1 N–H and O–H groups in total. The van der Waals surface area contributed by atoms with Gasteiger partial charge in [0, 0.05) is 12.7 Å². The lowest BCUT2D eigenvalue weighted by molar-refractivity contribution is -0.149. The summed E-state index contributed by atoms with van der Waals surface area (Å²) in [6.07, 6.45) is 1.78. The fourth-order valence-electron chi connectivity index (χ4n) is 3.82. The topological polar surface area (TPSA) is 72.5 Å². The second-order valence-electron chi connectivity index (χ2n) is 7.58. The molecule has 0 radical (unpaired) electrons. The largest absolute Gasteiger partial charge is 0.459 e. The van der Waals surface area contributed by atoms with Gasteiger partial charge in [-0.05, 0) is 42.4 Å². The van der Waals surface area contributed by atoms with Crippen molar-refractivity contribution in [1.29, 1.82) is 0 Å². The Bertz CT molecular complexity index is 899. The molecule has 1 aliphatic carbocycles. The van der Waals surface area contributed by atoms with Gasteiger partial charge in [-0.1, -0.05) is 66.4 Å². The van der Waals surface area contributed by atoms with Gasteiger partial charge >= 0.3 is 5.97 Å². The summed E-state index contributed by atoms with van der Waals surface area (Å²) in [5, 5.41) is 2.79. The van der Waals surface area contributed by atoms with Crippen molar-refractivity contribution < 1.29 is 19.1 Å². The van der Waals surface area contributed by atoms with Crippen LogP contribution in [0, 0.1) is 5.92 Å². The summed E-state index contributed by atoms with van der Waals surface area (Å²) in [5.41, 5.74) is 3.31. The lowest BCUT2D eigenvalue weighted by Gasteiger charge is -2.25. The Hall–Kier alpha value is -2.60. The smallest absolute Gasteiger partial charge is 0.328 e. The van der Waals surface area contributed by atoms with Gasteiger partial charge in [-0.25, -0.2) is 4.79 Å². The van der Waals surface area contributed by atoms with Gasteiger partial charge in [-0.15, -0.1) is 0 Å². The van der Waals surface area contributed by atoms with E-state index in [9.17, 15) is 14.4 Å². The number of ether oxygens (including phenoxy) is 1. The molecule has 6 heteroatoms. The molecule has 2 aromatic rings. The second kappa shape index (κ2) is 10.4. The van der Waals surface area contributed by atoms with E-state index in [-0.39, 0.29) is 29.5 Å². The number of nitrogens with one attached hydrogen (secondary N) is 1. The quantitative estimate of drug-likeness (QED) is 0.650. The molecule has 0 fully saturated rings. The van der Waals surface area contributed by atoms with Crippen molar-refractivity contribution >= 4 is 28.8 Å². The lowest BCUT2D eigenvalue weighted by atomic mass is 9.87. The number of fused-ring (bicyclic) bond motifs is 1. The van der Waals surface area contributed by atoms with Crippen LogP contribution in [0.15, 0.2) is 54.6 Å². The van der Waals surface area contributed by atoms with E-state index < -0.39 is 12.0 Å². The van der Waals surface area contributed by atoms with E-state index in [1.807, 2.05) is 42.5 Å². The van der Waals surface area contributed by atoms with E-state index in [1.165, 1.54) is 18.1 Å². The zero-order chi connectivity index (χ0) is 21.5. The molecule has 0 saturated heterocycles. The third kappa shape index (κ3) is 5.72. The predicted molar refractivity (Wildman–Crippen MR) is 118 cm³/mol. The molecule has 2 aromatic carbocycles. The van der Waals surface area contributed by atoms with Crippen molar-refractivity contribution in [1.82, 2.24) is 5.32 Å². The number of thioether (sulfide) groups is 1. The zero-order valence-electron chi connectivity index (χ0n) is 17.3. The van der Waals surface area contributed by atoms with Crippen molar-refractivity contribution in [3.63, 3.8) is 0 Å². The number of esters is 1. The number of benzene rings is 2. The van der Waals surface area contributed by atoms with Crippen molar-refractivity contribution in [3.05, 3.63) is 71.3 Å². The van der Waals surface area contributed by atoms with Crippen LogP contribution in [0.25, 0.3) is 0 Å². The summed E-state index contributed by atoms with van der Waals surface area (Å²) < 4.78 is 5.34. The van der Waals surface area contributed by atoms with Crippen molar-refractivity contribution in [2.75, 3.05) is 5.75 Å². The molecule has 1 amide bonds. The highest BCUT2D eigenvalue weighted by molar-refractivity contribution is 8.13. The molecule has 5 nitrogen and oxygen atoms in total. The van der Waals surface area contributed by atoms with E-state index in [2.05, 4.69) is 17.4 Å². The molecule has 0 saturated carbocycles. The molecule has 1 aliphatic rings. The Morgan fingerprint density at radius 1 is 1.10 bits per heavy atom. The maximum absolute atomic E-state index is 13.1. The van der Waals surface area contributed by atoms with Crippen LogP contribution in [0.3, 0.4) is 0 Å². The molecule has 0 aliphatic heterocycles. The SMILES string of the molecule is CC(=O)SCC(C(=O)NC(C)C(=O)OCc1ccccc1)C1CCc2ccccc21. The molecule has 0 bridgehead atoms. The van der Waals surface area contributed by atoms with Gasteiger partial charge in [0.1, 0.15) is 12.6 Å².